The summed E-state index contributed by atoms with van der Waals surface area (Å²) in [4.78, 5) is 29.1. The fourth-order valence-corrected chi connectivity index (χ4v) is 4.00. The lowest BCUT2D eigenvalue weighted by atomic mass is 10.1. The van der Waals surface area contributed by atoms with Crippen molar-refractivity contribution in [1.29, 1.82) is 0 Å². The van der Waals surface area contributed by atoms with E-state index in [4.69, 9.17) is 4.98 Å². The lowest BCUT2D eigenvalue weighted by Gasteiger charge is -2.34. The summed E-state index contributed by atoms with van der Waals surface area (Å²) in [6.07, 6.45) is 1.60. The summed E-state index contributed by atoms with van der Waals surface area (Å²) in [6.45, 7) is 11.5. The first kappa shape index (κ1) is 17.0. The summed E-state index contributed by atoms with van der Waals surface area (Å²) >= 11 is 1.67. The molecule has 0 amide bonds. The number of aromatic nitrogens is 5. The Kier molecular flexibility index (Phi) is 3.98. The number of H-pyrrole nitrogens is 1. The van der Waals surface area contributed by atoms with Gasteiger partial charge in [-0.05, 0) is 27.7 Å². The Morgan fingerprint density at radius 2 is 1.81 bits per heavy atom. The fourth-order valence-electron chi connectivity index (χ4n) is 3.14. The SMILES string of the molecule is Cc1csc(N2CCN(c3nc4c(cnn4C(C)(C)C)c(=O)[nH]3)CC2)n1. The average molecular weight is 373 g/mol. The van der Waals surface area contributed by atoms with Crippen LogP contribution in [0.3, 0.4) is 0 Å². The first-order valence-electron chi connectivity index (χ1n) is 8.73. The molecule has 3 aromatic rings. The number of aryl methyl sites for hydroxylation is 1. The number of piperazine rings is 1. The Balaban J connectivity index is 1.60. The van der Waals surface area contributed by atoms with Gasteiger partial charge in [-0.1, -0.05) is 0 Å². The van der Waals surface area contributed by atoms with Crippen LogP contribution in [0, 0.1) is 6.92 Å². The molecule has 0 atom stereocenters. The molecule has 138 valence electrons. The van der Waals surface area contributed by atoms with Gasteiger partial charge in [0.1, 0.15) is 5.39 Å². The van der Waals surface area contributed by atoms with Gasteiger partial charge in [0.15, 0.2) is 10.8 Å². The van der Waals surface area contributed by atoms with Crippen molar-refractivity contribution < 1.29 is 0 Å². The Morgan fingerprint density at radius 3 is 2.42 bits per heavy atom. The highest BCUT2D eigenvalue weighted by molar-refractivity contribution is 7.13. The third-order valence-corrected chi connectivity index (χ3v) is 5.54. The van der Waals surface area contributed by atoms with Crippen molar-refractivity contribution in [2.24, 2.45) is 0 Å². The predicted octanol–water partition coefficient (Wildman–Crippen LogP) is 1.97. The van der Waals surface area contributed by atoms with E-state index in [1.165, 1.54) is 0 Å². The Morgan fingerprint density at radius 1 is 1.12 bits per heavy atom. The van der Waals surface area contributed by atoms with Gasteiger partial charge in [0.05, 0.1) is 17.4 Å². The van der Waals surface area contributed by atoms with Crippen LogP contribution >= 0.6 is 11.3 Å². The maximum Gasteiger partial charge on any atom is 0.263 e. The van der Waals surface area contributed by atoms with Crippen LogP contribution in [0.15, 0.2) is 16.4 Å². The van der Waals surface area contributed by atoms with E-state index in [-0.39, 0.29) is 11.1 Å². The number of hydrogen-bond donors (Lipinski definition) is 1. The second-order valence-corrected chi connectivity index (χ2v) is 8.44. The maximum atomic E-state index is 12.5. The monoisotopic (exact) mass is 373 g/mol. The molecule has 0 radical (unpaired) electrons. The van der Waals surface area contributed by atoms with Gasteiger partial charge in [-0.2, -0.15) is 10.1 Å². The third kappa shape index (κ3) is 2.96. The first-order chi connectivity index (χ1) is 12.3. The molecule has 4 heterocycles. The summed E-state index contributed by atoms with van der Waals surface area (Å²) in [7, 11) is 0. The van der Waals surface area contributed by atoms with Crippen molar-refractivity contribution >= 4 is 33.5 Å². The summed E-state index contributed by atoms with van der Waals surface area (Å²) in [5.41, 5.74) is 1.31. The van der Waals surface area contributed by atoms with Crippen LogP contribution in [-0.4, -0.2) is 50.9 Å². The number of rotatable bonds is 2. The van der Waals surface area contributed by atoms with E-state index < -0.39 is 0 Å². The van der Waals surface area contributed by atoms with E-state index >= 15 is 0 Å². The minimum Gasteiger partial charge on any atom is -0.345 e. The van der Waals surface area contributed by atoms with E-state index in [2.05, 4.69) is 51.0 Å². The van der Waals surface area contributed by atoms with E-state index in [0.717, 1.165) is 37.0 Å². The molecule has 0 bridgehead atoms. The Bertz CT molecular complexity index is 989. The normalized spacial score (nSPS) is 15.8. The van der Waals surface area contributed by atoms with Crippen molar-refractivity contribution in [3.63, 3.8) is 0 Å². The van der Waals surface area contributed by atoms with Gasteiger partial charge in [0.25, 0.3) is 5.56 Å². The van der Waals surface area contributed by atoms with E-state index in [0.29, 0.717) is 17.0 Å². The molecule has 26 heavy (non-hydrogen) atoms. The zero-order chi connectivity index (χ0) is 18.5. The molecule has 1 N–H and O–H groups in total. The quantitative estimate of drug-likeness (QED) is 0.739. The molecule has 0 unspecified atom stereocenters. The standard InChI is InChI=1S/C17H23N7OS/c1-11-10-26-16(19-11)23-7-5-22(6-8-23)15-20-13-12(14(25)21-15)9-18-24(13)17(2,3)4/h9-10H,5-8H2,1-4H3,(H,20,21,25). The molecule has 0 aromatic carbocycles. The van der Waals surface area contributed by atoms with Gasteiger partial charge in [0.2, 0.25) is 5.95 Å². The van der Waals surface area contributed by atoms with Gasteiger partial charge in [-0.3, -0.25) is 9.78 Å². The molecule has 1 aliphatic heterocycles. The van der Waals surface area contributed by atoms with Crippen molar-refractivity contribution in [3.05, 3.63) is 27.6 Å². The van der Waals surface area contributed by atoms with Gasteiger partial charge >= 0.3 is 0 Å². The molecule has 1 fully saturated rings. The highest BCUT2D eigenvalue weighted by Gasteiger charge is 2.24. The van der Waals surface area contributed by atoms with Crippen molar-refractivity contribution in [2.45, 2.75) is 33.2 Å². The van der Waals surface area contributed by atoms with Gasteiger partial charge < -0.3 is 9.80 Å². The molecule has 3 aromatic heterocycles. The van der Waals surface area contributed by atoms with E-state index in [1.807, 2.05) is 11.6 Å². The van der Waals surface area contributed by atoms with Crippen molar-refractivity contribution in [2.75, 3.05) is 36.0 Å². The van der Waals surface area contributed by atoms with Crippen LogP contribution in [0.2, 0.25) is 0 Å². The molecule has 4 rings (SSSR count). The van der Waals surface area contributed by atoms with Crippen molar-refractivity contribution in [1.82, 2.24) is 24.7 Å². The molecule has 0 aliphatic carbocycles. The minimum absolute atomic E-state index is 0.140. The molecule has 8 nitrogen and oxygen atoms in total. The van der Waals surface area contributed by atoms with Crippen LogP contribution in [0.1, 0.15) is 26.5 Å². The van der Waals surface area contributed by atoms with Crippen LogP contribution in [0.4, 0.5) is 11.1 Å². The van der Waals surface area contributed by atoms with Gasteiger partial charge in [-0.15, -0.1) is 11.3 Å². The van der Waals surface area contributed by atoms with Crippen LogP contribution < -0.4 is 15.4 Å². The molecule has 0 saturated carbocycles. The lowest BCUT2D eigenvalue weighted by Crippen LogP contribution is -2.47. The number of hydrogen-bond acceptors (Lipinski definition) is 7. The fraction of sp³-hybridized carbons (Fsp3) is 0.529. The second-order valence-electron chi connectivity index (χ2n) is 7.60. The number of nitrogens with one attached hydrogen (secondary N) is 1. The smallest absolute Gasteiger partial charge is 0.263 e. The number of anilines is 2. The summed E-state index contributed by atoms with van der Waals surface area (Å²) < 4.78 is 1.82. The van der Waals surface area contributed by atoms with E-state index in [9.17, 15) is 4.79 Å². The molecule has 0 spiro atoms. The molecule has 1 saturated heterocycles. The number of nitrogens with zero attached hydrogens (tertiary/aromatic N) is 6. The Labute approximate surface area is 155 Å². The summed E-state index contributed by atoms with van der Waals surface area (Å²) in [5, 5.41) is 8.03. The lowest BCUT2D eigenvalue weighted by molar-refractivity contribution is 0.366. The molecular formula is C17H23N7OS. The van der Waals surface area contributed by atoms with Crippen molar-refractivity contribution in [3.8, 4) is 0 Å². The van der Waals surface area contributed by atoms with Crippen LogP contribution in [0.25, 0.3) is 11.0 Å². The minimum atomic E-state index is -0.235. The Hall–Kier alpha value is -2.42. The summed E-state index contributed by atoms with van der Waals surface area (Å²) in [5.74, 6) is 0.614. The summed E-state index contributed by atoms with van der Waals surface area (Å²) in [6, 6.07) is 0. The molecule has 1 aliphatic rings. The topological polar surface area (TPSA) is 82.9 Å². The largest absolute Gasteiger partial charge is 0.345 e. The maximum absolute atomic E-state index is 12.5. The first-order valence-corrected chi connectivity index (χ1v) is 9.61. The highest BCUT2D eigenvalue weighted by Crippen LogP contribution is 2.23. The average Bonchev–Trinajstić information content (AvgIpc) is 3.21. The van der Waals surface area contributed by atoms with Crippen LogP contribution in [0.5, 0.6) is 0 Å². The predicted molar refractivity (Wildman–Crippen MR) is 104 cm³/mol. The van der Waals surface area contributed by atoms with Gasteiger partial charge in [-0.25, -0.2) is 9.67 Å². The van der Waals surface area contributed by atoms with Gasteiger partial charge in [0, 0.05) is 31.6 Å². The molecule has 9 heteroatoms. The van der Waals surface area contributed by atoms with E-state index in [1.54, 1.807) is 17.5 Å². The second kappa shape index (κ2) is 6.08. The third-order valence-electron chi connectivity index (χ3n) is 4.52. The highest BCUT2D eigenvalue weighted by atomic mass is 32.1. The number of aromatic amines is 1. The number of thiazole rings is 1. The molecular weight excluding hydrogens is 350 g/mol. The zero-order valence-corrected chi connectivity index (χ0v) is 16.3. The van der Waals surface area contributed by atoms with Crippen LogP contribution in [-0.2, 0) is 5.54 Å². The zero-order valence-electron chi connectivity index (χ0n) is 15.5. The number of fused-ring (bicyclic) bond motifs is 1.